The van der Waals surface area contributed by atoms with Crippen LogP contribution in [-0.4, -0.2) is 51.8 Å². The molecule has 0 aromatic rings. The molecule has 4 nitrogen and oxygen atoms in total. The highest BCUT2D eigenvalue weighted by atomic mass is 16.6. The van der Waals surface area contributed by atoms with Crippen LogP contribution in [0.15, 0.2) is 0 Å². The zero-order valence-corrected chi connectivity index (χ0v) is 8.31. The summed E-state index contributed by atoms with van der Waals surface area (Å²) in [6.07, 6.45) is 0.103. The average Bonchev–Trinajstić information content (AvgIpc) is 2.30. The molecule has 0 saturated carbocycles. The summed E-state index contributed by atoms with van der Waals surface area (Å²) in [5.74, 6) is 0.0931. The maximum absolute atomic E-state index is 5.57. The van der Waals surface area contributed by atoms with Gasteiger partial charge in [-0.3, -0.25) is 0 Å². The highest BCUT2D eigenvalue weighted by molar-refractivity contribution is 4.82. The average molecular weight is 201 g/mol. The van der Waals surface area contributed by atoms with Gasteiger partial charge < -0.3 is 18.9 Å². The molecule has 0 bridgehead atoms. The van der Waals surface area contributed by atoms with Crippen molar-refractivity contribution in [1.82, 2.24) is 0 Å². The lowest BCUT2D eigenvalue weighted by Gasteiger charge is -2.34. The number of hydrogen-bond acceptors (Lipinski definition) is 4. The van der Waals surface area contributed by atoms with Crippen LogP contribution >= 0.6 is 0 Å². The Kier molecular flexibility index (Phi) is 3.75. The topological polar surface area (TPSA) is 36.9 Å². The van der Waals surface area contributed by atoms with E-state index in [1.807, 2.05) is 0 Å². The highest BCUT2D eigenvalue weighted by Gasteiger charge is 2.30. The van der Waals surface area contributed by atoms with E-state index in [4.69, 9.17) is 18.9 Å². The van der Waals surface area contributed by atoms with E-state index < -0.39 is 0 Å². The smallest absolute Gasteiger partial charge is 0.0863 e. The molecule has 0 N–H and O–H groups in total. The Morgan fingerprint density at radius 3 is 1.71 bits per heavy atom. The molecular formula is C10H17O4. The summed E-state index contributed by atoms with van der Waals surface area (Å²) < 4.78 is 21.8. The molecule has 2 unspecified atom stereocenters. The zero-order valence-electron chi connectivity index (χ0n) is 8.31. The molecule has 14 heavy (non-hydrogen) atoms. The molecule has 81 valence electrons. The van der Waals surface area contributed by atoms with E-state index in [1.54, 1.807) is 0 Å². The van der Waals surface area contributed by atoms with Crippen molar-refractivity contribution in [3.05, 3.63) is 6.92 Å². The zero-order chi connectivity index (χ0) is 9.80. The standard InChI is InChI=1S/C10H17O4/c1-8(9-6-11-2-4-13-9)10-7-12-3-5-14-10/h8-10H,1-7H2. The van der Waals surface area contributed by atoms with Crippen molar-refractivity contribution in [2.45, 2.75) is 12.2 Å². The molecule has 2 aliphatic rings. The van der Waals surface area contributed by atoms with Crippen molar-refractivity contribution in [2.75, 3.05) is 39.6 Å². The third kappa shape index (κ3) is 2.45. The molecule has 2 aliphatic heterocycles. The van der Waals surface area contributed by atoms with Gasteiger partial charge in [-0.15, -0.1) is 0 Å². The molecule has 0 amide bonds. The monoisotopic (exact) mass is 201 g/mol. The van der Waals surface area contributed by atoms with Gasteiger partial charge in [-0.05, 0) is 6.92 Å². The van der Waals surface area contributed by atoms with Gasteiger partial charge in [0.25, 0.3) is 0 Å². The van der Waals surface area contributed by atoms with Crippen molar-refractivity contribution in [2.24, 2.45) is 5.92 Å². The molecule has 0 aromatic heterocycles. The fraction of sp³-hybridized carbons (Fsp3) is 0.900. The van der Waals surface area contributed by atoms with E-state index in [0.29, 0.717) is 39.6 Å². The van der Waals surface area contributed by atoms with Crippen molar-refractivity contribution in [1.29, 1.82) is 0 Å². The van der Waals surface area contributed by atoms with E-state index in [0.717, 1.165) is 0 Å². The van der Waals surface area contributed by atoms with Gasteiger partial charge in [0.05, 0.1) is 51.8 Å². The fourth-order valence-electron chi connectivity index (χ4n) is 1.75. The summed E-state index contributed by atoms with van der Waals surface area (Å²) in [7, 11) is 0. The predicted molar refractivity (Wildman–Crippen MR) is 50.0 cm³/mol. The first-order chi connectivity index (χ1) is 6.88. The van der Waals surface area contributed by atoms with Crippen LogP contribution in [0, 0.1) is 12.8 Å². The molecule has 2 atom stereocenters. The van der Waals surface area contributed by atoms with Crippen LogP contribution in [0.3, 0.4) is 0 Å². The molecule has 0 spiro atoms. The van der Waals surface area contributed by atoms with Gasteiger partial charge in [0, 0.05) is 5.92 Å². The molecule has 2 fully saturated rings. The lowest BCUT2D eigenvalue weighted by molar-refractivity contribution is -0.159. The summed E-state index contributed by atoms with van der Waals surface area (Å²) in [5, 5.41) is 0. The molecule has 4 heteroatoms. The quantitative estimate of drug-likeness (QED) is 0.642. The van der Waals surface area contributed by atoms with Crippen molar-refractivity contribution < 1.29 is 18.9 Å². The van der Waals surface area contributed by atoms with Gasteiger partial charge >= 0.3 is 0 Å². The van der Waals surface area contributed by atoms with Gasteiger partial charge in [-0.25, -0.2) is 0 Å². The van der Waals surface area contributed by atoms with Gasteiger partial charge in [0.15, 0.2) is 0 Å². The van der Waals surface area contributed by atoms with E-state index in [9.17, 15) is 0 Å². The second-order valence-electron chi connectivity index (χ2n) is 3.63. The van der Waals surface area contributed by atoms with E-state index in [1.165, 1.54) is 0 Å². The third-order valence-corrected chi connectivity index (χ3v) is 2.64. The van der Waals surface area contributed by atoms with Gasteiger partial charge in [0.2, 0.25) is 0 Å². The van der Waals surface area contributed by atoms with E-state index in [2.05, 4.69) is 6.92 Å². The first-order valence-corrected chi connectivity index (χ1v) is 5.09. The molecule has 1 radical (unpaired) electrons. The molecule has 0 aromatic carbocycles. The summed E-state index contributed by atoms with van der Waals surface area (Å²) in [6.45, 7) is 8.00. The van der Waals surface area contributed by atoms with Gasteiger partial charge in [-0.2, -0.15) is 0 Å². The van der Waals surface area contributed by atoms with Gasteiger partial charge in [-0.1, -0.05) is 0 Å². The Balaban J connectivity index is 1.82. The Bertz CT molecular complexity index is 144. The molecule has 2 rings (SSSR count). The lowest BCUT2D eigenvalue weighted by Crippen LogP contribution is -2.44. The molecule has 2 saturated heterocycles. The summed E-state index contributed by atoms with van der Waals surface area (Å²) in [5.41, 5.74) is 0. The van der Waals surface area contributed by atoms with Crippen LogP contribution in [0.2, 0.25) is 0 Å². The Morgan fingerprint density at radius 1 is 0.857 bits per heavy atom. The lowest BCUT2D eigenvalue weighted by atomic mass is 9.98. The van der Waals surface area contributed by atoms with Crippen LogP contribution in [-0.2, 0) is 18.9 Å². The molecule has 0 aliphatic carbocycles. The summed E-state index contributed by atoms with van der Waals surface area (Å²) >= 11 is 0. The minimum absolute atomic E-state index is 0.0513. The first-order valence-electron chi connectivity index (χ1n) is 5.09. The molecular weight excluding hydrogens is 184 g/mol. The van der Waals surface area contributed by atoms with Crippen molar-refractivity contribution >= 4 is 0 Å². The van der Waals surface area contributed by atoms with Crippen LogP contribution in [0.1, 0.15) is 0 Å². The number of ether oxygens (including phenoxy) is 4. The summed E-state index contributed by atoms with van der Waals surface area (Å²) in [4.78, 5) is 0. The second-order valence-corrected chi connectivity index (χ2v) is 3.63. The highest BCUT2D eigenvalue weighted by Crippen LogP contribution is 2.19. The maximum Gasteiger partial charge on any atom is 0.0863 e. The Labute approximate surface area is 84.5 Å². The second kappa shape index (κ2) is 5.07. The van der Waals surface area contributed by atoms with Gasteiger partial charge in [0.1, 0.15) is 0 Å². The van der Waals surface area contributed by atoms with E-state index >= 15 is 0 Å². The third-order valence-electron chi connectivity index (χ3n) is 2.64. The largest absolute Gasteiger partial charge is 0.376 e. The SMILES string of the molecule is [CH2]C(C1COCCO1)C1COCCO1. The van der Waals surface area contributed by atoms with Crippen molar-refractivity contribution in [3.8, 4) is 0 Å². The van der Waals surface area contributed by atoms with Crippen LogP contribution in [0.4, 0.5) is 0 Å². The predicted octanol–water partition coefficient (Wildman–Crippen LogP) is 0.267. The van der Waals surface area contributed by atoms with Crippen molar-refractivity contribution in [3.63, 3.8) is 0 Å². The van der Waals surface area contributed by atoms with Crippen LogP contribution in [0.25, 0.3) is 0 Å². The number of hydrogen-bond donors (Lipinski definition) is 0. The minimum Gasteiger partial charge on any atom is -0.376 e. The van der Waals surface area contributed by atoms with Crippen LogP contribution < -0.4 is 0 Å². The first kappa shape index (κ1) is 10.4. The normalized spacial score (nSPS) is 36.6. The van der Waals surface area contributed by atoms with E-state index in [-0.39, 0.29) is 18.1 Å². The van der Waals surface area contributed by atoms with Crippen LogP contribution in [0.5, 0.6) is 0 Å². The minimum atomic E-state index is 0.0513. The Hall–Kier alpha value is -0.160. The molecule has 2 heterocycles. The summed E-state index contributed by atoms with van der Waals surface area (Å²) in [6, 6.07) is 0. The fourth-order valence-corrected chi connectivity index (χ4v) is 1.75. The Morgan fingerprint density at radius 2 is 1.36 bits per heavy atom. The number of rotatable bonds is 2. The maximum atomic E-state index is 5.57.